The first-order valence-corrected chi connectivity index (χ1v) is 24.7. The first-order chi connectivity index (χ1) is 39.7. The number of fused-ring (bicyclic) bond motifs is 5. The normalized spacial score (nSPS) is 15.7. The monoisotopic (exact) mass is 1160 g/mol. The van der Waals surface area contributed by atoms with Gasteiger partial charge in [-0.15, -0.1) is 48.1 Å². The topological polar surface area (TPSA) is 42.8 Å². The van der Waals surface area contributed by atoms with Crippen LogP contribution in [0.15, 0.2) is 170 Å². The van der Waals surface area contributed by atoms with E-state index < -0.39 is 43.0 Å². The van der Waals surface area contributed by atoms with E-state index >= 15 is 0 Å². The fraction of sp³-hybridized carbons (Fsp3) is 0.194. The molecule has 0 atom stereocenters. The van der Waals surface area contributed by atoms with Crippen LogP contribution >= 0.6 is 0 Å². The van der Waals surface area contributed by atoms with Crippen LogP contribution < -0.4 is 19.3 Å². The Kier molecular flexibility index (Phi) is 9.82. The van der Waals surface area contributed by atoms with Gasteiger partial charge in [-0.25, -0.2) is 4.98 Å². The summed E-state index contributed by atoms with van der Waals surface area (Å²) in [6.07, 6.45) is -2.17. The van der Waals surface area contributed by atoms with Gasteiger partial charge in [0.15, 0.2) is 0 Å². The van der Waals surface area contributed by atoms with Crippen molar-refractivity contribution in [3.05, 3.63) is 211 Å². The van der Waals surface area contributed by atoms with E-state index in [-0.39, 0.29) is 78.2 Å². The molecule has 0 saturated heterocycles. The molecule has 7 heteroatoms. The van der Waals surface area contributed by atoms with E-state index in [0.717, 1.165) is 16.9 Å². The molecule has 0 spiro atoms. The molecule has 0 amide bonds. The van der Waals surface area contributed by atoms with Crippen LogP contribution in [0.3, 0.4) is 0 Å². The first-order valence-electron chi connectivity index (χ1n) is 30.2. The Balaban J connectivity index is 0.00000752. The molecule has 0 saturated carbocycles. The van der Waals surface area contributed by atoms with Crippen molar-refractivity contribution in [2.45, 2.75) is 73.5 Å². The molecule has 3 aliphatic heterocycles. The minimum Gasteiger partial charge on any atom is -0.509 e. The summed E-state index contributed by atoms with van der Waals surface area (Å²) in [7, 11) is 0. The summed E-state index contributed by atoms with van der Waals surface area (Å²) in [5, 5.41) is 0.612. The van der Waals surface area contributed by atoms with Gasteiger partial charge in [-0.3, -0.25) is 0 Å². The molecule has 0 fully saturated rings. The van der Waals surface area contributed by atoms with Crippen molar-refractivity contribution in [1.82, 2.24) is 9.55 Å². The van der Waals surface area contributed by atoms with Crippen LogP contribution in [0.2, 0.25) is 0 Å². The molecular weight excluding hydrogens is 1090 g/mol. The number of pyridine rings is 1. The molecule has 372 valence electrons. The van der Waals surface area contributed by atoms with E-state index in [4.69, 9.17) is 22.7 Å². The second-order valence-electron chi connectivity index (χ2n) is 20.3. The van der Waals surface area contributed by atoms with Crippen molar-refractivity contribution in [3.8, 4) is 62.2 Å². The van der Waals surface area contributed by atoms with Gasteiger partial charge in [-0.2, -0.15) is 12.1 Å². The summed E-state index contributed by atoms with van der Waals surface area (Å²) in [5.74, 6) is 0.476. The van der Waals surface area contributed by atoms with Crippen molar-refractivity contribution < 1.29 is 45.6 Å². The van der Waals surface area contributed by atoms with E-state index in [1.165, 1.54) is 16.8 Å². The van der Waals surface area contributed by atoms with Crippen LogP contribution in [0.4, 0.5) is 22.7 Å². The number of hydrogen-bond donors (Lipinski definition) is 0. The molecule has 2 aromatic heterocycles. The van der Waals surface area contributed by atoms with Crippen molar-refractivity contribution in [3.63, 3.8) is 0 Å². The molecule has 0 aliphatic carbocycles. The molecule has 13 rings (SSSR count). The minimum absolute atomic E-state index is 0. The standard InChI is InChI=1S/C67H59N4O2.Pt/c1-42(2)29-45-32-48(36-49(33-45)67(6,7)8)57-34-46(30-43(3)4)35-58-56-22-10-14-26-64(56)73-51-19-15-17-47(37-51)59-40-68-65(31-44(59)5)71-60-23-11-9-21-54(60)55-28-27-53(39-63(55)71)72-52-20-16-18-50(38-52)69-41-70(66(57)58)62-25-13-12-24-61(62)69;/h9-28,31-37,40-43H,29-30H2,1-8H3;/q-3;/i5D3,9D,11D,21D,23D,29D2,30D2;. The summed E-state index contributed by atoms with van der Waals surface area (Å²) in [6, 6.07) is 47.8. The van der Waals surface area contributed by atoms with Crippen LogP contribution in [-0.4, -0.2) is 9.55 Å². The van der Waals surface area contributed by atoms with Crippen molar-refractivity contribution in [2.24, 2.45) is 11.8 Å². The number of nitrogens with zero attached hydrogens (tertiary/aromatic N) is 4. The fourth-order valence-electron chi connectivity index (χ4n) is 9.94. The van der Waals surface area contributed by atoms with E-state index in [9.17, 15) is 6.85 Å². The number of anilines is 4. The summed E-state index contributed by atoms with van der Waals surface area (Å²) in [5.41, 5.74) is 7.71. The Morgan fingerprint density at radius 1 is 0.662 bits per heavy atom. The average molecular weight is 1160 g/mol. The molecule has 5 heterocycles. The number of benzene rings is 8. The van der Waals surface area contributed by atoms with Gasteiger partial charge >= 0.3 is 0 Å². The predicted molar refractivity (Wildman–Crippen MR) is 301 cm³/mol. The molecular formula is C67H59N4O2Pt-3. The maximum absolute atomic E-state index is 9.78. The third-order valence-electron chi connectivity index (χ3n) is 13.2. The van der Waals surface area contributed by atoms with Crippen molar-refractivity contribution in [1.29, 1.82) is 0 Å². The van der Waals surface area contributed by atoms with E-state index in [0.29, 0.717) is 73.0 Å². The van der Waals surface area contributed by atoms with Gasteiger partial charge in [-0.1, -0.05) is 133 Å². The SMILES string of the molecule is [2H]c1c([2H])c([2H])c2c(c1[2H])c1ccc3[c-]c1n2-c1cc(C([2H])([2H])[2H])c(cn1)-c1cccc(c1)Oc1ccccc1-c1cc(C([2H])([2H])C(C)C)cc(-c2cc(C(C)(C)C)cc(C([2H])([2H])C(C)C)c2)c1N1[CH-]N(c2[c-]c(ccc2)O3)c2ccccc21.[Pt]. The van der Waals surface area contributed by atoms with E-state index in [2.05, 4.69) is 43.9 Å². The smallest absolute Gasteiger partial charge is 0.135 e. The second kappa shape index (κ2) is 19.5. The van der Waals surface area contributed by atoms with Gasteiger partial charge in [0.2, 0.25) is 0 Å². The zero-order valence-corrected chi connectivity index (χ0v) is 44.3. The van der Waals surface area contributed by atoms with Crippen LogP contribution in [-0.2, 0) is 39.2 Å². The molecule has 0 unspecified atom stereocenters. The van der Waals surface area contributed by atoms with Gasteiger partial charge < -0.3 is 23.8 Å². The van der Waals surface area contributed by atoms with E-state index in [1.807, 2.05) is 124 Å². The maximum Gasteiger partial charge on any atom is 0.135 e. The molecule has 10 bridgehead atoms. The Hall–Kier alpha value is -7.40. The quantitative estimate of drug-likeness (QED) is 0.161. The van der Waals surface area contributed by atoms with Crippen LogP contribution in [0.1, 0.15) is 85.8 Å². The predicted octanol–water partition coefficient (Wildman–Crippen LogP) is 18.1. The molecule has 8 aromatic carbocycles. The Morgan fingerprint density at radius 3 is 2.19 bits per heavy atom. The number of hydrogen-bond acceptors (Lipinski definition) is 5. The number of rotatable bonds is 5. The van der Waals surface area contributed by atoms with Gasteiger partial charge in [0.25, 0.3) is 0 Å². The summed E-state index contributed by atoms with van der Waals surface area (Å²) in [6.45, 7) is 13.0. The zero-order valence-electron chi connectivity index (χ0n) is 53.0. The zero-order chi connectivity index (χ0) is 59.7. The third-order valence-corrected chi connectivity index (χ3v) is 13.2. The largest absolute Gasteiger partial charge is 0.509 e. The van der Waals surface area contributed by atoms with Gasteiger partial charge in [0, 0.05) is 93.2 Å². The summed E-state index contributed by atoms with van der Waals surface area (Å²) < 4.78 is 116. The summed E-state index contributed by atoms with van der Waals surface area (Å²) in [4.78, 5) is 8.95. The number of ether oxygens (including phenoxy) is 2. The van der Waals surface area contributed by atoms with Crippen molar-refractivity contribution >= 4 is 44.6 Å². The van der Waals surface area contributed by atoms with Crippen LogP contribution in [0, 0.1) is 37.5 Å². The molecule has 0 N–H and O–H groups in total. The van der Waals surface area contributed by atoms with Crippen LogP contribution in [0.25, 0.3) is 61.0 Å². The fourth-order valence-corrected chi connectivity index (χ4v) is 9.94. The van der Waals surface area contributed by atoms with E-state index in [1.54, 1.807) is 42.5 Å². The van der Waals surface area contributed by atoms with Gasteiger partial charge in [0.05, 0.1) is 5.48 Å². The number of para-hydroxylation sites is 4. The van der Waals surface area contributed by atoms with Gasteiger partial charge in [-0.05, 0) is 130 Å². The Bertz CT molecular complexity index is 4320. The Labute approximate surface area is 466 Å². The van der Waals surface area contributed by atoms with Gasteiger partial charge in [0.1, 0.15) is 17.3 Å². The third kappa shape index (κ3) is 9.08. The second-order valence-corrected chi connectivity index (χ2v) is 20.3. The maximum atomic E-state index is 9.78. The molecule has 74 heavy (non-hydrogen) atoms. The minimum atomic E-state index is -2.72. The Morgan fingerprint density at radius 2 is 1.39 bits per heavy atom. The molecule has 10 aromatic rings. The molecule has 3 aliphatic rings. The summed E-state index contributed by atoms with van der Waals surface area (Å²) >= 11 is 0. The molecule has 6 nitrogen and oxygen atoms in total. The average Bonchev–Trinajstić information content (AvgIpc) is 2.93. The first kappa shape index (κ1) is 37.3. The van der Waals surface area contributed by atoms with Crippen LogP contribution in [0.5, 0.6) is 23.0 Å². The number of aryl methyl sites for hydroxylation is 1. The molecule has 0 radical (unpaired) electrons. The number of aromatic nitrogens is 2. The van der Waals surface area contributed by atoms with Crippen molar-refractivity contribution in [2.75, 3.05) is 9.80 Å².